The van der Waals surface area contributed by atoms with E-state index >= 15 is 0 Å². The Morgan fingerprint density at radius 1 is 1.26 bits per heavy atom. The Kier molecular flexibility index (Phi) is 6.35. The lowest BCUT2D eigenvalue weighted by atomic mass is 10.1. The van der Waals surface area contributed by atoms with Gasteiger partial charge in [-0.15, -0.1) is 0 Å². The molecule has 0 saturated heterocycles. The number of nitrogens with zero attached hydrogens (tertiary/aromatic N) is 2. The largest absolute Gasteiger partial charge is 0.497 e. The molecule has 0 aliphatic rings. The SMILES string of the molecule is COc1ccc(CCC(=O)NCCCn2ncccc2=O)cc1. The van der Waals surface area contributed by atoms with Crippen LogP contribution in [0.2, 0.25) is 0 Å². The second-order valence-electron chi connectivity index (χ2n) is 5.14. The molecule has 0 bridgehead atoms. The first-order valence-electron chi connectivity index (χ1n) is 7.61. The lowest BCUT2D eigenvalue weighted by molar-refractivity contribution is -0.121. The van der Waals surface area contributed by atoms with Crippen molar-refractivity contribution >= 4 is 5.91 Å². The molecule has 1 heterocycles. The maximum atomic E-state index is 11.8. The minimum Gasteiger partial charge on any atom is -0.497 e. The van der Waals surface area contributed by atoms with Crippen molar-refractivity contribution in [2.24, 2.45) is 0 Å². The van der Waals surface area contributed by atoms with Crippen LogP contribution >= 0.6 is 0 Å². The average Bonchev–Trinajstić information content (AvgIpc) is 2.59. The fraction of sp³-hybridized carbons (Fsp3) is 0.353. The zero-order chi connectivity index (χ0) is 16.5. The van der Waals surface area contributed by atoms with Crippen molar-refractivity contribution in [2.45, 2.75) is 25.8 Å². The number of hydrogen-bond donors (Lipinski definition) is 1. The predicted octanol–water partition coefficient (Wildman–Crippen LogP) is 1.39. The molecule has 1 amide bonds. The highest BCUT2D eigenvalue weighted by Gasteiger charge is 2.03. The van der Waals surface area contributed by atoms with Gasteiger partial charge in [0.2, 0.25) is 5.91 Å². The molecule has 6 nitrogen and oxygen atoms in total. The number of aromatic nitrogens is 2. The lowest BCUT2D eigenvalue weighted by Gasteiger charge is -2.07. The van der Waals surface area contributed by atoms with E-state index in [1.807, 2.05) is 24.3 Å². The summed E-state index contributed by atoms with van der Waals surface area (Å²) in [5, 5.41) is 6.82. The molecule has 0 atom stereocenters. The van der Waals surface area contributed by atoms with Crippen LogP contribution in [0.5, 0.6) is 5.75 Å². The molecule has 0 unspecified atom stereocenters. The lowest BCUT2D eigenvalue weighted by Crippen LogP contribution is -2.27. The second kappa shape index (κ2) is 8.73. The molecule has 23 heavy (non-hydrogen) atoms. The maximum Gasteiger partial charge on any atom is 0.266 e. The van der Waals surface area contributed by atoms with Crippen LogP contribution in [-0.2, 0) is 17.8 Å². The quantitative estimate of drug-likeness (QED) is 0.747. The van der Waals surface area contributed by atoms with E-state index in [4.69, 9.17) is 4.74 Å². The molecule has 6 heteroatoms. The van der Waals surface area contributed by atoms with Gasteiger partial charge in [-0.2, -0.15) is 5.10 Å². The van der Waals surface area contributed by atoms with Crippen LogP contribution in [0, 0.1) is 0 Å². The van der Waals surface area contributed by atoms with Gasteiger partial charge in [0.15, 0.2) is 0 Å². The van der Waals surface area contributed by atoms with E-state index in [9.17, 15) is 9.59 Å². The van der Waals surface area contributed by atoms with Crippen LogP contribution in [0.25, 0.3) is 0 Å². The van der Waals surface area contributed by atoms with Crippen molar-refractivity contribution in [3.05, 3.63) is 58.5 Å². The van der Waals surface area contributed by atoms with Gasteiger partial charge in [0.05, 0.1) is 7.11 Å². The third kappa shape index (κ3) is 5.58. The molecule has 0 fully saturated rings. The Hall–Kier alpha value is -2.63. The van der Waals surface area contributed by atoms with Gasteiger partial charge in [0.25, 0.3) is 5.56 Å². The predicted molar refractivity (Wildman–Crippen MR) is 87.4 cm³/mol. The Bertz CT molecular complexity index is 680. The minimum atomic E-state index is -0.127. The average molecular weight is 315 g/mol. The Labute approximate surface area is 135 Å². The first kappa shape index (κ1) is 16.7. The van der Waals surface area contributed by atoms with Crippen molar-refractivity contribution in [3.63, 3.8) is 0 Å². The molecule has 2 aromatic rings. The normalized spacial score (nSPS) is 10.3. The van der Waals surface area contributed by atoms with Gasteiger partial charge in [0.1, 0.15) is 5.75 Å². The molecule has 0 radical (unpaired) electrons. The molecule has 2 rings (SSSR count). The number of methoxy groups -OCH3 is 1. The molecule has 0 saturated carbocycles. The Morgan fingerprint density at radius 2 is 2.04 bits per heavy atom. The standard InChI is InChI=1S/C17H21N3O3/c1-23-15-8-5-14(6-9-15)7-10-16(21)18-11-3-13-20-17(22)4-2-12-19-20/h2,4-6,8-9,12H,3,7,10-11,13H2,1H3,(H,18,21). The number of carbonyl (C=O) groups is 1. The fourth-order valence-electron chi connectivity index (χ4n) is 2.15. The van der Waals surface area contributed by atoms with Crippen LogP contribution < -0.4 is 15.6 Å². The molecule has 1 aromatic carbocycles. The van der Waals surface area contributed by atoms with Gasteiger partial charge in [-0.05, 0) is 36.6 Å². The summed E-state index contributed by atoms with van der Waals surface area (Å²) in [6, 6.07) is 10.8. The number of nitrogens with one attached hydrogen (secondary N) is 1. The molecule has 0 spiro atoms. The Balaban J connectivity index is 1.65. The van der Waals surface area contributed by atoms with E-state index in [0.29, 0.717) is 32.4 Å². The number of hydrogen-bond acceptors (Lipinski definition) is 4. The Morgan fingerprint density at radius 3 is 2.74 bits per heavy atom. The van der Waals surface area contributed by atoms with Crippen molar-refractivity contribution in [2.75, 3.05) is 13.7 Å². The molecule has 0 aliphatic carbocycles. The molecule has 1 N–H and O–H groups in total. The zero-order valence-electron chi connectivity index (χ0n) is 13.2. The summed E-state index contributed by atoms with van der Waals surface area (Å²) < 4.78 is 6.49. The van der Waals surface area contributed by atoms with Crippen LogP contribution in [0.1, 0.15) is 18.4 Å². The van der Waals surface area contributed by atoms with Crippen molar-refractivity contribution in [1.82, 2.24) is 15.1 Å². The third-order valence-electron chi connectivity index (χ3n) is 3.45. The molecule has 1 aromatic heterocycles. The second-order valence-corrected chi connectivity index (χ2v) is 5.14. The van der Waals surface area contributed by atoms with E-state index in [2.05, 4.69) is 10.4 Å². The van der Waals surface area contributed by atoms with E-state index in [-0.39, 0.29) is 11.5 Å². The summed E-state index contributed by atoms with van der Waals surface area (Å²) in [5.74, 6) is 0.817. The molecule has 122 valence electrons. The molecule has 0 aliphatic heterocycles. The topological polar surface area (TPSA) is 73.2 Å². The number of rotatable bonds is 8. The van der Waals surface area contributed by atoms with Gasteiger partial charge in [-0.1, -0.05) is 12.1 Å². The van der Waals surface area contributed by atoms with Crippen molar-refractivity contribution in [1.29, 1.82) is 0 Å². The van der Waals surface area contributed by atoms with E-state index in [1.165, 1.54) is 10.7 Å². The smallest absolute Gasteiger partial charge is 0.266 e. The molecular weight excluding hydrogens is 294 g/mol. The number of ether oxygens (including phenoxy) is 1. The van der Waals surface area contributed by atoms with Crippen molar-refractivity contribution < 1.29 is 9.53 Å². The highest BCUT2D eigenvalue weighted by Crippen LogP contribution is 2.12. The van der Waals surface area contributed by atoms with E-state index < -0.39 is 0 Å². The summed E-state index contributed by atoms with van der Waals surface area (Å²) in [5.41, 5.74) is 0.972. The first-order valence-corrected chi connectivity index (χ1v) is 7.61. The van der Waals surface area contributed by atoms with Crippen LogP contribution in [-0.4, -0.2) is 29.3 Å². The van der Waals surface area contributed by atoms with Gasteiger partial charge in [-0.25, -0.2) is 4.68 Å². The van der Waals surface area contributed by atoms with Gasteiger partial charge < -0.3 is 10.1 Å². The number of aryl methyl sites for hydroxylation is 2. The summed E-state index contributed by atoms with van der Waals surface area (Å²) in [7, 11) is 1.63. The van der Waals surface area contributed by atoms with Gasteiger partial charge in [-0.3, -0.25) is 9.59 Å². The van der Waals surface area contributed by atoms with Crippen LogP contribution in [0.3, 0.4) is 0 Å². The van der Waals surface area contributed by atoms with Crippen LogP contribution in [0.4, 0.5) is 0 Å². The minimum absolute atomic E-state index is 0.00851. The van der Waals surface area contributed by atoms with Gasteiger partial charge in [0, 0.05) is 31.8 Å². The number of carbonyl (C=O) groups excluding carboxylic acids is 1. The fourth-order valence-corrected chi connectivity index (χ4v) is 2.15. The van der Waals surface area contributed by atoms with E-state index in [1.54, 1.807) is 19.4 Å². The summed E-state index contributed by atoms with van der Waals surface area (Å²) >= 11 is 0. The first-order chi connectivity index (χ1) is 11.2. The monoisotopic (exact) mass is 315 g/mol. The zero-order valence-corrected chi connectivity index (χ0v) is 13.2. The third-order valence-corrected chi connectivity index (χ3v) is 3.45. The van der Waals surface area contributed by atoms with Crippen molar-refractivity contribution in [3.8, 4) is 5.75 Å². The highest BCUT2D eigenvalue weighted by molar-refractivity contribution is 5.76. The number of benzene rings is 1. The summed E-state index contributed by atoms with van der Waals surface area (Å²) in [6.07, 6.45) is 3.38. The van der Waals surface area contributed by atoms with Gasteiger partial charge >= 0.3 is 0 Å². The summed E-state index contributed by atoms with van der Waals surface area (Å²) in [4.78, 5) is 23.3. The van der Waals surface area contributed by atoms with E-state index in [0.717, 1.165) is 11.3 Å². The van der Waals surface area contributed by atoms with Crippen LogP contribution in [0.15, 0.2) is 47.4 Å². The maximum absolute atomic E-state index is 11.8. The molecular formula is C17H21N3O3. The number of amides is 1. The summed E-state index contributed by atoms with van der Waals surface area (Å²) in [6.45, 7) is 1.03. The highest BCUT2D eigenvalue weighted by atomic mass is 16.5.